The molecule has 0 aliphatic rings. The molecule has 1 aromatic carbocycles. The maximum Gasteiger partial charge on any atom is 0.200 e. The summed E-state index contributed by atoms with van der Waals surface area (Å²) in [5, 5.41) is 2.05. The quantitative estimate of drug-likeness (QED) is 0.434. The minimum Gasteiger partial charge on any atom is -0.333 e. The molecule has 5 nitrogen and oxygen atoms in total. The van der Waals surface area contributed by atoms with Gasteiger partial charge in [0.25, 0.3) is 0 Å². The number of benzene rings is 1. The molecule has 0 bridgehead atoms. The van der Waals surface area contributed by atoms with Gasteiger partial charge in [-0.05, 0) is 0 Å². The summed E-state index contributed by atoms with van der Waals surface area (Å²) >= 11 is 0. The highest BCUT2D eigenvalue weighted by Gasteiger charge is 2.26. The number of hydrogen-bond acceptors (Lipinski definition) is 4. The van der Waals surface area contributed by atoms with Crippen molar-refractivity contribution in [1.29, 1.82) is 0 Å². The fourth-order valence-corrected chi connectivity index (χ4v) is 1.69. The van der Waals surface area contributed by atoms with Crippen molar-refractivity contribution in [3.63, 3.8) is 0 Å². The third-order valence-corrected chi connectivity index (χ3v) is 2.67. The van der Waals surface area contributed by atoms with E-state index in [0.29, 0.717) is 0 Å². The van der Waals surface area contributed by atoms with Gasteiger partial charge in [-0.3, -0.25) is 0 Å². The largest absolute Gasteiger partial charge is 0.333 e. The Labute approximate surface area is 112 Å². The van der Waals surface area contributed by atoms with E-state index in [4.69, 9.17) is 0 Å². The fraction of sp³-hybridized carbons (Fsp3) is 0. The molecule has 0 atom stereocenters. The van der Waals surface area contributed by atoms with E-state index >= 15 is 0 Å². The number of nitrogens with zero attached hydrogens (tertiary/aromatic N) is 3. The van der Waals surface area contributed by atoms with E-state index in [9.17, 15) is 22.0 Å². The minimum atomic E-state index is -2.23. The summed E-state index contributed by atoms with van der Waals surface area (Å²) in [7, 11) is 0. The lowest BCUT2D eigenvalue weighted by molar-refractivity contribution is 0.382. The second kappa shape index (κ2) is 4.65. The first-order valence-electron chi connectivity index (χ1n) is 5.43. The monoisotopic (exact) mass is 301 g/mol. The molecular formula is C11H4F5N5. The summed E-state index contributed by atoms with van der Waals surface area (Å²) in [5.74, 6) is -10.5. The zero-order valence-corrected chi connectivity index (χ0v) is 9.89. The van der Waals surface area contributed by atoms with Gasteiger partial charge in [-0.15, -0.1) is 0 Å². The normalized spacial score (nSPS) is 11.1. The van der Waals surface area contributed by atoms with E-state index in [1.165, 1.54) is 6.33 Å². The Morgan fingerprint density at radius 2 is 1.43 bits per heavy atom. The van der Waals surface area contributed by atoms with Gasteiger partial charge in [-0.1, -0.05) is 0 Å². The van der Waals surface area contributed by atoms with Gasteiger partial charge in [-0.25, -0.2) is 36.9 Å². The van der Waals surface area contributed by atoms with Crippen LogP contribution in [0.1, 0.15) is 0 Å². The molecule has 0 aliphatic heterocycles. The van der Waals surface area contributed by atoms with Gasteiger partial charge in [-0.2, -0.15) is 0 Å². The van der Waals surface area contributed by atoms with Crippen molar-refractivity contribution in [1.82, 2.24) is 19.9 Å². The van der Waals surface area contributed by atoms with Gasteiger partial charge in [0.2, 0.25) is 5.82 Å². The van der Waals surface area contributed by atoms with Gasteiger partial charge in [0, 0.05) is 0 Å². The van der Waals surface area contributed by atoms with Crippen LogP contribution in [-0.2, 0) is 0 Å². The van der Waals surface area contributed by atoms with E-state index < -0.39 is 34.8 Å². The molecule has 3 rings (SSSR count). The van der Waals surface area contributed by atoms with Crippen molar-refractivity contribution in [2.24, 2.45) is 0 Å². The van der Waals surface area contributed by atoms with E-state index in [0.717, 1.165) is 6.33 Å². The molecule has 0 amide bonds. The lowest BCUT2D eigenvalue weighted by Gasteiger charge is -2.10. The molecule has 108 valence electrons. The lowest BCUT2D eigenvalue weighted by Crippen LogP contribution is -2.08. The predicted molar refractivity (Wildman–Crippen MR) is 61.2 cm³/mol. The standard InChI is InChI=1S/C11H4F5N5/c12-3-4(13)6(15)8(7(16)5(3)14)21-11-9-10(18-1-17-9)19-2-20-11/h1-2H,(H2,17,18,19,20,21). The zero-order chi connectivity index (χ0) is 15.1. The smallest absolute Gasteiger partial charge is 0.200 e. The maximum atomic E-state index is 13.6. The number of rotatable bonds is 2. The summed E-state index contributed by atoms with van der Waals surface area (Å²) in [5.41, 5.74) is -0.896. The molecule has 0 unspecified atom stereocenters. The van der Waals surface area contributed by atoms with Crippen molar-refractivity contribution in [3.05, 3.63) is 41.7 Å². The highest BCUT2D eigenvalue weighted by Crippen LogP contribution is 2.30. The second-order valence-electron chi connectivity index (χ2n) is 3.89. The van der Waals surface area contributed by atoms with Gasteiger partial charge in [0.15, 0.2) is 40.3 Å². The zero-order valence-electron chi connectivity index (χ0n) is 9.89. The molecule has 0 saturated heterocycles. The molecule has 2 N–H and O–H groups in total. The first kappa shape index (κ1) is 13.2. The van der Waals surface area contributed by atoms with Crippen LogP contribution < -0.4 is 5.32 Å². The first-order valence-corrected chi connectivity index (χ1v) is 5.43. The topological polar surface area (TPSA) is 66.5 Å². The van der Waals surface area contributed by atoms with Crippen molar-refractivity contribution in [3.8, 4) is 0 Å². The maximum absolute atomic E-state index is 13.6. The summed E-state index contributed by atoms with van der Waals surface area (Å²) in [6.07, 6.45) is 2.28. The second-order valence-corrected chi connectivity index (χ2v) is 3.89. The SMILES string of the molecule is Fc1c(F)c(F)c(Nc2ncnc3[nH]cnc23)c(F)c1F. The molecule has 0 saturated carbocycles. The van der Waals surface area contributed by atoms with Crippen molar-refractivity contribution >= 4 is 22.7 Å². The number of anilines is 2. The Kier molecular flexibility index (Phi) is 2.92. The predicted octanol–water partition coefficient (Wildman–Crippen LogP) is 2.79. The van der Waals surface area contributed by atoms with Crippen LogP contribution in [0.4, 0.5) is 33.5 Å². The lowest BCUT2D eigenvalue weighted by atomic mass is 10.2. The Morgan fingerprint density at radius 3 is 2.10 bits per heavy atom. The number of aromatic nitrogens is 4. The van der Waals surface area contributed by atoms with Gasteiger partial charge >= 0.3 is 0 Å². The molecule has 0 spiro atoms. The number of fused-ring (bicyclic) bond motifs is 1. The van der Waals surface area contributed by atoms with Crippen LogP contribution >= 0.6 is 0 Å². The Balaban J connectivity index is 2.17. The number of hydrogen-bond donors (Lipinski definition) is 2. The van der Waals surface area contributed by atoms with Crippen molar-refractivity contribution in [2.75, 3.05) is 5.32 Å². The highest BCUT2D eigenvalue weighted by molar-refractivity contribution is 5.84. The third kappa shape index (κ3) is 1.95. The van der Waals surface area contributed by atoms with Crippen LogP contribution in [0.3, 0.4) is 0 Å². The molecule has 0 fully saturated rings. The minimum absolute atomic E-state index is 0.0847. The van der Waals surface area contributed by atoms with Crippen LogP contribution in [0.2, 0.25) is 0 Å². The van der Waals surface area contributed by atoms with Gasteiger partial charge in [0.05, 0.1) is 6.33 Å². The van der Waals surface area contributed by atoms with E-state index in [1.807, 2.05) is 5.32 Å². The molecule has 2 aromatic heterocycles. The van der Waals surface area contributed by atoms with Crippen LogP contribution in [0.15, 0.2) is 12.7 Å². The van der Waals surface area contributed by atoms with Gasteiger partial charge < -0.3 is 10.3 Å². The molecule has 10 heteroatoms. The summed E-state index contributed by atoms with van der Waals surface area (Å²) in [4.78, 5) is 13.8. The van der Waals surface area contributed by atoms with Crippen LogP contribution in [-0.4, -0.2) is 19.9 Å². The summed E-state index contributed by atoms with van der Waals surface area (Å²) in [6, 6.07) is 0. The van der Waals surface area contributed by atoms with E-state index in [2.05, 4.69) is 19.9 Å². The summed E-state index contributed by atoms with van der Waals surface area (Å²) in [6.45, 7) is 0. The summed E-state index contributed by atoms with van der Waals surface area (Å²) < 4.78 is 66.3. The molecule has 21 heavy (non-hydrogen) atoms. The molecule has 3 aromatic rings. The van der Waals surface area contributed by atoms with Crippen molar-refractivity contribution < 1.29 is 22.0 Å². The average Bonchev–Trinajstić information content (AvgIpc) is 2.97. The van der Waals surface area contributed by atoms with E-state index in [1.54, 1.807) is 0 Å². The number of nitrogens with one attached hydrogen (secondary N) is 2. The molecule has 0 aliphatic carbocycles. The van der Waals surface area contributed by atoms with Crippen LogP contribution in [0.5, 0.6) is 0 Å². The van der Waals surface area contributed by atoms with Gasteiger partial charge in [0.1, 0.15) is 12.0 Å². The van der Waals surface area contributed by atoms with E-state index in [-0.39, 0.29) is 17.0 Å². The Hall–Kier alpha value is -2.78. The number of H-pyrrole nitrogens is 1. The first-order chi connectivity index (χ1) is 10.0. The number of aromatic amines is 1. The Morgan fingerprint density at radius 1 is 0.810 bits per heavy atom. The third-order valence-electron chi connectivity index (χ3n) is 2.67. The molecule has 0 radical (unpaired) electrons. The highest BCUT2D eigenvalue weighted by atomic mass is 19.2. The Bertz CT molecular complexity index is 817. The van der Waals surface area contributed by atoms with Crippen LogP contribution in [0.25, 0.3) is 11.2 Å². The number of imidazole rings is 1. The number of halogens is 5. The van der Waals surface area contributed by atoms with Crippen LogP contribution in [0, 0.1) is 29.1 Å². The average molecular weight is 301 g/mol. The fourth-order valence-electron chi connectivity index (χ4n) is 1.69. The molecular weight excluding hydrogens is 297 g/mol. The molecule has 2 heterocycles. The van der Waals surface area contributed by atoms with Crippen molar-refractivity contribution in [2.45, 2.75) is 0 Å².